The smallest absolute Gasteiger partial charge is 0.407 e. The summed E-state index contributed by atoms with van der Waals surface area (Å²) in [5.74, 6) is -0.140. The fourth-order valence-corrected chi connectivity index (χ4v) is 2.37. The standard InChI is InChI=1S/C21H34N4O5/c1-21(2,3)30-20(28)24-13-12-22-18(26)15-25(4)14-8-11-23-19(27)29-16-17-9-6-5-7-10-17/h5-7,9-10H,8,11-16H2,1-4H3,(H,22,26)(H,23,27)(H,24,28). The first-order valence-electron chi connectivity index (χ1n) is 10.0. The van der Waals surface area contributed by atoms with Gasteiger partial charge in [-0.1, -0.05) is 30.3 Å². The van der Waals surface area contributed by atoms with Gasteiger partial charge in [0.15, 0.2) is 0 Å². The Labute approximate surface area is 178 Å². The van der Waals surface area contributed by atoms with Gasteiger partial charge in [-0.3, -0.25) is 9.69 Å². The Morgan fingerprint density at radius 3 is 2.23 bits per heavy atom. The van der Waals surface area contributed by atoms with E-state index in [0.29, 0.717) is 32.6 Å². The Morgan fingerprint density at radius 2 is 1.57 bits per heavy atom. The number of carbonyl (C=O) groups excluding carboxylic acids is 3. The number of ether oxygens (including phenoxy) is 2. The molecule has 0 aromatic heterocycles. The van der Waals surface area contributed by atoms with Crippen molar-refractivity contribution in [2.24, 2.45) is 0 Å². The van der Waals surface area contributed by atoms with Crippen molar-refractivity contribution in [1.29, 1.82) is 0 Å². The second kappa shape index (κ2) is 13.4. The Bertz CT molecular complexity index is 661. The van der Waals surface area contributed by atoms with Gasteiger partial charge in [0.2, 0.25) is 5.91 Å². The lowest BCUT2D eigenvalue weighted by Gasteiger charge is -2.20. The molecule has 3 N–H and O–H groups in total. The average molecular weight is 423 g/mol. The van der Waals surface area contributed by atoms with Crippen LogP contribution in [0.4, 0.5) is 9.59 Å². The van der Waals surface area contributed by atoms with Crippen LogP contribution in [0.25, 0.3) is 0 Å². The lowest BCUT2D eigenvalue weighted by Crippen LogP contribution is -2.41. The molecule has 0 saturated heterocycles. The number of nitrogens with one attached hydrogen (secondary N) is 3. The minimum atomic E-state index is -0.552. The molecule has 9 nitrogen and oxygen atoms in total. The fourth-order valence-electron chi connectivity index (χ4n) is 2.37. The van der Waals surface area contributed by atoms with Crippen LogP contribution in [0.5, 0.6) is 0 Å². The fraction of sp³-hybridized carbons (Fsp3) is 0.571. The van der Waals surface area contributed by atoms with Crippen LogP contribution in [0.15, 0.2) is 30.3 Å². The van der Waals surface area contributed by atoms with E-state index in [0.717, 1.165) is 5.56 Å². The maximum absolute atomic E-state index is 11.9. The summed E-state index contributed by atoms with van der Waals surface area (Å²) in [4.78, 5) is 36.9. The molecule has 0 radical (unpaired) electrons. The van der Waals surface area contributed by atoms with Gasteiger partial charge >= 0.3 is 12.2 Å². The van der Waals surface area contributed by atoms with E-state index in [1.165, 1.54) is 0 Å². The first-order valence-corrected chi connectivity index (χ1v) is 10.0. The first kappa shape index (κ1) is 25.2. The largest absolute Gasteiger partial charge is 0.445 e. The van der Waals surface area contributed by atoms with Crippen molar-refractivity contribution in [3.8, 4) is 0 Å². The zero-order valence-electron chi connectivity index (χ0n) is 18.3. The number of hydrogen-bond acceptors (Lipinski definition) is 6. The van der Waals surface area contributed by atoms with Crippen LogP contribution in [0.1, 0.15) is 32.8 Å². The predicted molar refractivity (Wildman–Crippen MR) is 114 cm³/mol. The highest BCUT2D eigenvalue weighted by atomic mass is 16.6. The van der Waals surface area contributed by atoms with E-state index in [1.54, 1.807) is 20.8 Å². The zero-order chi connectivity index (χ0) is 22.4. The van der Waals surface area contributed by atoms with Crippen LogP contribution >= 0.6 is 0 Å². The molecule has 0 unspecified atom stereocenters. The van der Waals surface area contributed by atoms with Gasteiger partial charge in [0.1, 0.15) is 12.2 Å². The molecule has 1 aromatic rings. The molecule has 30 heavy (non-hydrogen) atoms. The monoisotopic (exact) mass is 422 g/mol. The summed E-state index contributed by atoms with van der Waals surface area (Å²) in [6, 6.07) is 9.46. The highest BCUT2D eigenvalue weighted by Gasteiger charge is 2.15. The van der Waals surface area contributed by atoms with Gasteiger partial charge in [-0.15, -0.1) is 0 Å². The van der Waals surface area contributed by atoms with Crippen LogP contribution in [-0.4, -0.2) is 68.4 Å². The van der Waals surface area contributed by atoms with E-state index < -0.39 is 17.8 Å². The van der Waals surface area contributed by atoms with Crippen molar-refractivity contribution in [1.82, 2.24) is 20.9 Å². The number of carbonyl (C=O) groups is 3. The molecule has 0 heterocycles. The minimum absolute atomic E-state index is 0.140. The lowest BCUT2D eigenvalue weighted by atomic mass is 10.2. The Balaban J connectivity index is 2.03. The molecule has 3 amide bonds. The topological polar surface area (TPSA) is 109 Å². The maximum Gasteiger partial charge on any atom is 0.407 e. The van der Waals surface area contributed by atoms with Crippen LogP contribution in [0.2, 0.25) is 0 Å². The van der Waals surface area contributed by atoms with Crippen molar-refractivity contribution in [2.75, 3.05) is 39.8 Å². The molecule has 0 aliphatic rings. The van der Waals surface area contributed by atoms with E-state index in [4.69, 9.17) is 9.47 Å². The van der Waals surface area contributed by atoms with E-state index >= 15 is 0 Å². The van der Waals surface area contributed by atoms with Gasteiger partial charge in [0, 0.05) is 26.2 Å². The Hall–Kier alpha value is -2.81. The number of nitrogens with zero attached hydrogens (tertiary/aromatic N) is 1. The zero-order valence-corrected chi connectivity index (χ0v) is 18.3. The summed E-state index contributed by atoms with van der Waals surface area (Å²) in [6.45, 7) is 7.52. The molecule has 0 aliphatic carbocycles. The highest BCUT2D eigenvalue weighted by molar-refractivity contribution is 5.78. The molecular weight excluding hydrogens is 388 g/mol. The van der Waals surface area contributed by atoms with Crippen LogP contribution in [-0.2, 0) is 20.9 Å². The normalized spacial score (nSPS) is 11.0. The maximum atomic E-state index is 11.9. The number of amides is 3. The molecular formula is C21H34N4O5. The quantitative estimate of drug-likeness (QED) is 0.470. The van der Waals surface area contributed by atoms with E-state index in [1.807, 2.05) is 42.3 Å². The summed E-state index contributed by atoms with van der Waals surface area (Å²) in [6.07, 6.45) is -0.287. The van der Waals surface area contributed by atoms with Crippen LogP contribution in [0, 0.1) is 0 Å². The van der Waals surface area contributed by atoms with E-state index in [2.05, 4.69) is 16.0 Å². The predicted octanol–water partition coefficient (Wildman–Crippen LogP) is 1.88. The minimum Gasteiger partial charge on any atom is -0.445 e. The van der Waals surface area contributed by atoms with Gasteiger partial charge in [0.25, 0.3) is 0 Å². The summed E-state index contributed by atoms with van der Waals surface area (Å²) < 4.78 is 10.2. The lowest BCUT2D eigenvalue weighted by molar-refractivity contribution is -0.121. The third-order valence-electron chi connectivity index (χ3n) is 3.73. The van der Waals surface area contributed by atoms with Crippen molar-refractivity contribution < 1.29 is 23.9 Å². The SMILES string of the molecule is CN(CCCNC(=O)OCc1ccccc1)CC(=O)NCCNC(=O)OC(C)(C)C. The van der Waals surface area contributed by atoms with Crippen molar-refractivity contribution in [3.05, 3.63) is 35.9 Å². The highest BCUT2D eigenvalue weighted by Crippen LogP contribution is 2.06. The van der Waals surface area contributed by atoms with E-state index in [-0.39, 0.29) is 19.1 Å². The van der Waals surface area contributed by atoms with Crippen molar-refractivity contribution in [2.45, 2.75) is 39.4 Å². The number of hydrogen-bond donors (Lipinski definition) is 3. The summed E-state index contributed by atoms with van der Waals surface area (Å²) in [5, 5.41) is 8.00. The average Bonchev–Trinajstić information content (AvgIpc) is 2.66. The number of rotatable bonds is 11. The van der Waals surface area contributed by atoms with Gasteiger partial charge in [-0.05, 0) is 39.8 Å². The molecule has 168 valence electrons. The number of benzene rings is 1. The second-order valence-corrected chi connectivity index (χ2v) is 7.86. The molecule has 9 heteroatoms. The summed E-state index contributed by atoms with van der Waals surface area (Å²) >= 11 is 0. The number of alkyl carbamates (subject to hydrolysis) is 2. The number of likely N-dealkylation sites (N-methyl/N-ethyl adjacent to an activating group) is 1. The summed E-state index contributed by atoms with van der Waals surface area (Å²) in [5.41, 5.74) is 0.378. The second-order valence-electron chi connectivity index (χ2n) is 7.86. The van der Waals surface area contributed by atoms with Gasteiger partial charge < -0.3 is 25.4 Å². The van der Waals surface area contributed by atoms with Crippen molar-refractivity contribution in [3.63, 3.8) is 0 Å². The molecule has 0 bridgehead atoms. The third kappa shape index (κ3) is 13.4. The Kier molecular flexibility index (Phi) is 11.3. The van der Waals surface area contributed by atoms with E-state index in [9.17, 15) is 14.4 Å². The molecule has 0 fully saturated rings. The Morgan fingerprint density at radius 1 is 0.933 bits per heavy atom. The van der Waals surface area contributed by atoms with Gasteiger partial charge in [-0.25, -0.2) is 9.59 Å². The molecule has 0 aliphatic heterocycles. The van der Waals surface area contributed by atoms with Crippen LogP contribution < -0.4 is 16.0 Å². The molecule has 0 spiro atoms. The van der Waals surface area contributed by atoms with Gasteiger partial charge in [-0.2, -0.15) is 0 Å². The molecule has 1 rings (SSSR count). The summed E-state index contributed by atoms with van der Waals surface area (Å²) in [7, 11) is 1.83. The van der Waals surface area contributed by atoms with Gasteiger partial charge in [0.05, 0.1) is 6.54 Å². The molecule has 0 atom stereocenters. The molecule has 0 saturated carbocycles. The van der Waals surface area contributed by atoms with Crippen molar-refractivity contribution >= 4 is 18.1 Å². The first-order chi connectivity index (χ1) is 14.2. The molecule has 1 aromatic carbocycles. The third-order valence-corrected chi connectivity index (χ3v) is 3.73. The van der Waals surface area contributed by atoms with Crippen LogP contribution in [0.3, 0.4) is 0 Å².